The van der Waals surface area contributed by atoms with Crippen molar-refractivity contribution in [2.24, 2.45) is 5.41 Å². The monoisotopic (exact) mass is 995 g/mol. The van der Waals surface area contributed by atoms with E-state index in [-0.39, 0.29) is 5.41 Å². The maximum absolute atomic E-state index is 6.47. The summed E-state index contributed by atoms with van der Waals surface area (Å²) in [6.07, 6.45) is 9.18. The molecule has 2 aliphatic rings. The summed E-state index contributed by atoms with van der Waals surface area (Å²) in [7, 11) is 0. The maximum Gasteiger partial charge on any atom is 0.143 e. The van der Waals surface area contributed by atoms with Gasteiger partial charge in [-0.3, -0.25) is 0 Å². The summed E-state index contributed by atoms with van der Waals surface area (Å²) in [4.78, 5) is 2.34. The Hall–Kier alpha value is -9.96. The Balaban J connectivity index is 0.747. The first-order valence-corrected chi connectivity index (χ1v) is 27.0. The van der Waals surface area contributed by atoms with Crippen molar-refractivity contribution in [2.45, 2.75) is 13.8 Å². The van der Waals surface area contributed by atoms with E-state index in [9.17, 15) is 0 Å². The van der Waals surface area contributed by atoms with Gasteiger partial charge in [-0.1, -0.05) is 202 Å². The Labute approximate surface area is 450 Å². The third kappa shape index (κ3) is 6.91. The number of fused-ring (bicyclic) bond motifs is 14. The summed E-state index contributed by atoms with van der Waals surface area (Å²) in [6, 6.07) is 86.0. The lowest BCUT2D eigenvalue weighted by Gasteiger charge is -2.26. The molecule has 78 heavy (non-hydrogen) atoms. The minimum absolute atomic E-state index is 0.0296. The van der Waals surface area contributed by atoms with Gasteiger partial charge in [-0.2, -0.15) is 0 Å². The lowest BCUT2D eigenvalue weighted by molar-refractivity contribution is 0.644. The van der Waals surface area contributed by atoms with Crippen LogP contribution in [0.1, 0.15) is 13.8 Å². The van der Waals surface area contributed by atoms with Crippen molar-refractivity contribution in [3.05, 3.63) is 271 Å². The molecule has 0 saturated carbocycles. The minimum atomic E-state index is -0.0296. The van der Waals surface area contributed by atoms with Crippen LogP contribution in [0.25, 0.3) is 132 Å². The average Bonchev–Trinajstić information content (AvgIpc) is 4.32. The second-order valence-corrected chi connectivity index (χ2v) is 21.6. The van der Waals surface area contributed by atoms with Crippen LogP contribution in [0.4, 0.5) is 17.1 Å². The van der Waals surface area contributed by atoms with Gasteiger partial charge in [0.2, 0.25) is 0 Å². The molecule has 366 valence electrons. The fraction of sp³-hybridized carbons (Fsp3) is 0.0400. The Morgan fingerprint density at radius 3 is 1.32 bits per heavy atom. The van der Waals surface area contributed by atoms with E-state index in [2.05, 4.69) is 255 Å². The van der Waals surface area contributed by atoms with Crippen molar-refractivity contribution in [3.8, 4) is 44.5 Å². The molecule has 0 aliphatic heterocycles. The predicted octanol–water partition coefficient (Wildman–Crippen LogP) is 19.6. The van der Waals surface area contributed by atoms with Crippen molar-refractivity contribution < 1.29 is 8.83 Å². The van der Waals surface area contributed by atoms with Gasteiger partial charge in [0.15, 0.2) is 0 Å². The molecule has 3 nitrogen and oxygen atoms in total. The Kier molecular flexibility index (Phi) is 9.68. The number of anilines is 3. The average molecular weight is 996 g/mol. The molecule has 0 radical (unpaired) electrons. The third-order valence-corrected chi connectivity index (χ3v) is 16.7. The zero-order chi connectivity index (χ0) is 51.6. The van der Waals surface area contributed by atoms with E-state index < -0.39 is 0 Å². The van der Waals surface area contributed by atoms with Crippen molar-refractivity contribution in [3.63, 3.8) is 0 Å². The molecule has 2 aliphatic carbocycles. The fourth-order valence-electron chi connectivity index (χ4n) is 12.9. The van der Waals surface area contributed by atoms with Crippen LogP contribution in [0.5, 0.6) is 0 Å². The van der Waals surface area contributed by atoms with E-state index in [0.29, 0.717) is 0 Å². The summed E-state index contributed by atoms with van der Waals surface area (Å²) in [5.74, 6) is 0. The second-order valence-electron chi connectivity index (χ2n) is 21.6. The Bertz CT molecular complexity index is 4850. The molecular weight excluding hydrogens is 947 g/mol. The number of benzene rings is 12. The number of furan rings is 2. The smallest absolute Gasteiger partial charge is 0.143 e. The number of hydrogen-bond acceptors (Lipinski definition) is 3. The van der Waals surface area contributed by atoms with Crippen LogP contribution in [0.3, 0.4) is 0 Å². The van der Waals surface area contributed by atoms with Crippen molar-refractivity contribution >= 4 is 105 Å². The van der Waals surface area contributed by atoms with Crippen LogP contribution in [0, 0.1) is 5.41 Å². The molecule has 0 bridgehead atoms. The molecular formula is C75H49NO2. The predicted molar refractivity (Wildman–Crippen MR) is 328 cm³/mol. The van der Waals surface area contributed by atoms with Crippen molar-refractivity contribution in [2.75, 3.05) is 4.90 Å². The summed E-state index contributed by atoms with van der Waals surface area (Å²) in [5.41, 5.74) is 18.5. The highest BCUT2D eigenvalue weighted by molar-refractivity contribution is 6.26. The number of hydrogen-bond donors (Lipinski definition) is 0. The zero-order valence-corrected chi connectivity index (χ0v) is 43.1. The number of allylic oxidation sites excluding steroid dienone is 4. The van der Waals surface area contributed by atoms with Crippen LogP contribution in [-0.4, -0.2) is 0 Å². The van der Waals surface area contributed by atoms with Gasteiger partial charge in [-0.25, -0.2) is 0 Å². The number of rotatable bonds is 7. The first-order chi connectivity index (χ1) is 38.4. The first-order valence-electron chi connectivity index (χ1n) is 27.0. The van der Waals surface area contributed by atoms with Crippen LogP contribution in [-0.2, 0) is 0 Å². The standard InChI is InChI=1S/C75H49NO2/c1-75(2)41-11-12-52-42-53-44-68-60-14-4-3-13-59(60)67-43-51(33-40-61(67)69(68)45-66(53)72(52)75)48-25-23-46(24-26-48)47-27-34-54(35-28-47)76(55-36-29-49(30-37-55)57-17-9-19-64-62-15-5-7-21-70(62)77-73(57)64)56-38-31-50(32-39-56)58-18-10-20-65-63-16-6-8-22-71(63)78-74(58)65/h3-45H,1-2H3. The van der Waals surface area contributed by atoms with Crippen LogP contribution in [0.2, 0.25) is 0 Å². The van der Waals surface area contributed by atoms with E-state index in [0.717, 1.165) is 88.8 Å². The number of para-hydroxylation sites is 4. The third-order valence-electron chi connectivity index (χ3n) is 16.7. The van der Waals surface area contributed by atoms with Gasteiger partial charge in [-0.05, 0) is 160 Å². The highest BCUT2D eigenvalue weighted by Crippen LogP contribution is 2.44. The fourth-order valence-corrected chi connectivity index (χ4v) is 12.9. The molecule has 2 heterocycles. The normalized spacial score (nSPS) is 13.7. The Morgan fingerprint density at radius 2 is 0.769 bits per heavy atom. The topological polar surface area (TPSA) is 29.5 Å². The lowest BCUT2D eigenvalue weighted by atomic mass is 9.77. The molecule has 0 atom stereocenters. The molecule has 0 saturated heterocycles. The van der Waals surface area contributed by atoms with Gasteiger partial charge < -0.3 is 13.7 Å². The summed E-state index contributed by atoms with van der Waals surface area (Å²) in [5, 5.41) is 14.9. The molecule has 3 heteroatoms. The van der Waals surface area contributed by atoms with Crippen molar-refractivity contribution in [1.82, 2.24) is 0 Å². The molecule has 0 unspecified atom stereocenters. The van der Waals surface area contributed by atoms with E-state index >= 15 is 0 Å². The minimum Gasteiger partial charge on any atom is -0.455 e. The van der Waals surface area contributed by atoms with Crippen LogP contribution in [0.15, 0.2) is 269 Å². The second kappa shape index (κ2) is 17.0. The quantitative estimate of drug-likeness (QED) is 0.149. The number of nitrogens with zero attached hydrogens (tertiary/aromatic N) is 1. The van der Waals surface area contributed by atoms with Gasteiger partial charge in [-0.15, -0.1) is 0 Å². The van der Waals surface area contributed by atoms with Gasteiger partial charge in [0.25, 0.3) is 0 Å². The molecule has 14 aromatic rings. The zero-order valence-electron chi connectivity index (χ0n) is 43.1. The van der Waals surface area contributed by atoms with Gasteiger partial charge in [0.05, 0.1) is 0 Å². The molecule has 0 spiro atoms. The van der Waals surface area contributed by atoms with E-state index in [4.69, 9.17) is 8.83 Å². The SMILES string of the molecule is CC1(C)C=CC=C2C=c3cc4c5ccccc5c5cc(-c6ccc(-c7ccc(N(c8ccc(-c9cccc%10c9oc9ccccc9%10)cc8)c8ccc(-c9cccc%10c9oc9ccccc9%10)cc8)cc7)cc6)ccc5c4cc3=C21. The molecule has 0 fully saturated rings. The van der Waals surface area contributed by atoms with Crippen LogP contribution < -0.4 is 15.3 Å². The summed E-state index contributed by atoms with van der Waals surface area (Å²) in [6.45, 7) is 4.66. The summed E-state index contributed by atoms with van der Waals surface area (Å²) < 4.78 is 12.9. The van der Waals surface area contributed by atoms with E-state index in [1.807, 2.05) is 24.3 Å². The molecule has 16 rings (SSSR count). The lowest BCUT2D eigenvalue weighted by Crippen LogP contribution is -2.27. The van der Waals surface area contributed by atoms with Gasteiger partial charge >= 0.3 is 0 Å². The summed E-state index contributed by atoms with van der Waals surface area (Å²) >= 11 is 0. The van der Waals surface area contributed by atoms with E-state index in [1.165, 1.54) is 70.6 Å². The Morgan fingerprint density at radius 1 is 0.346 bits per heavy atom. The van der Waals surface area contributed by atoms with Gasteiger partial charge in [0.1, 0.15) is 22.3 Å². The molecule has 2 aromatic heterocycles. The molecule has 0 N–H and O–H groups in total. The van der Waals surface area contributed by atoms with Crippen molar-refractivity contribution in [1.29, 1.82) is 0 Å². The maximum atomic E-state index is 6.47. The van der Waals surface area contributed by atoms with Crippen LogP contribution >= 0.6 is 0 Å². The highest BCUT2D eigenvalue weighted by Gasteiger charge is 2.28. The van der Waals surface area contributed by atoms with E-state index in [1.54, 1.807) is 0 Å². The molecule has 0 amide bonds. The van der Waals surface area contributed by atoms with Gasteiger partial charge in [0, 0.05) is 55.1 Å². The molecule has 12 aromatic carbocycles. The largest absolute Gasteiger partial charge is 0.455 e. The first kappa shape index (κ1) is 44.3. The highest BCUT2D eigenvalue weighted by atomic mass is 16.3.